The summed E-state index contributed by atoms with van der Waals surface area (Å²) in [5.74, 6) is 1.89. The molecule has 0 aliphatic rings. The second kappa shape index (κ2) is 11.8. The molecule has 0 saturated carbocycles. The van der Waals surface area contributed by atoms with Crippen LogP contribution in [-0.2, 0) is 0 Å². The Morgan fingerprint density at radius 1 is 0.392 bits per heavy atom. The van der Waals surface area contributed by atoms with Gasteiger partial charge in [0, 0.05) is 39.0 Å². The second-order valence-electron chi connectivity index (χ2n) is 12.5. The maximum absolute atomic E-state index is 6.44. The molecule has 0 radical (unpaired) electrons. The Morgan fingerprint density at radius 3 is 1.76 bits per heavy atom. The van der Waals surface area contributed by atoms with Gasteiger partial charge >= 0.3 is 0 Å². The fourth-order valence-corrected chi connectivity index (χ4v) is 7.04. The van der Waals surface area contributed by atoms with E-state index < -0.39 is 0 Å². The van der Waals surface area contributed by atoms with Crippen molar-refractivity contribution in [2.45, 2.75) is 0 Å². The molecule has 0 amide bonds. The number of rotatable bonds is 5. The zero-order valence-corrected chi connectivity index (χ0v) is 27.2. The van der Waals surface area contributed by atoms with Crippen LogP contribution in [-0.4, -0.2) is 24.9 Å². The Hall–Kier alpha value is -7.05. The van der Waals surface area contributed by atoms with E-state index >= 15 is 0 Å². The highest BCUT2D eigenvalue weighted by atomic mass is 16.3. The molecule has 0 atom stereocenters. The summed E-state index contributed by atoms with van der Waals surface area (Å²) < 4.78 is 6.44. The molecule has 0 saturated heterocycles. The quantitative estimate of drug-likeness (QED) is 0.184. The second-order valence-corrected chi connectivity index (χ2v) is 12.5. The number of fused-ring (bicyclic) bond motifs is 5. The zero-order valence-electron chi connectivity index (χ0n) is 27.2. The molecule has 0 aliphatic carbocycles. The molecule has 0 aliphatic heterocycles. The topological polar surface area (TPSA) is 77.6 Å². The van der Waals surface area contributed by atoms with Crippen LogP contribution in [0.25, 0.3) is 100 Å². The number of hydrogen-bond acceptors (Lipinski definition) is 6. The van der Waals surface area contributed by atoms with Gasteiger partial charge in [-0.05, 0) is 57.6 Å². The van der Waals surface area contributed by atoms with E-state index in [0.29, 0.717) is 23.2 Å². The van der Waals surface area contributed by atoms with Gasteiger partial charge < -0.3 is 4.42 Å². The van der Waals surface area contributed by atoms with Gasteiger partial charge in [-0.3, -0.25) is 4.98 Å². The van der Waals surface area contributed by atoms with Crippen molar-refractivity contribution in [3.05, 3.63) is 164 Å². The first kappa shape index (κ1) is 28.9. The van der Waals surface area contributed by atoms with Gasteiger partial charge in [0.2, 0.25) is 5.71 Å². The number of pyridine rings is 2. The molecular formula is C45H27N5O. The van der Waals surface area contributed by atoms with Crippen molar-refractivity contribution in [3.8, 4) is 56.7 Å². The first-order valence-electron chi connectivity index (χ1n) is 16.8. The number of aromatic nitrogens is 5. The third-order valence-corrected chi connectivity index (χ3v) is 9.43. The molecule has 0 bridgehead atoms. The molecule has 0 N–H and O–H groups in total. The summed E-state index contributed by atoms with van der Waals surface area (Å²) in [7, 11) is 0. The van der Waals surface area contributed by atoms with Gasteiger partial charge in [0.25, 0.3) is 0 Å². The summed E-state index contributed by atoms with van der Waals surface area (Å²) in [6, 6.07) is 53.5. The molecule has 6 aromatic carbocycles. The van der Waals surface area contributed by atoms with Crippen LogP contribution in [0.4, 0.5) is 0 Å². The van der Waals surface area contributed by atoms with Gasteiger partial charge in [0.15, 0.2) is 17.5 Å². The Labute approximate surface area is 292 Å². The Balaban J connectivity index is 1.15. The molecule has 6 heteroatoms. The summed E-state index contributed by atoms with van der Waals surface area (Å²) in [4.78, 5) is 24.7. The van der Waals surface area contributed by atoms with Crippen LogP contribution in [0.15, 0.2) is 168 Å². The van der Waals surface area contributed by atoms with Crippen molar-refractivity contribution in [1.29, 1.82) is 0 Å². The van der Waals surface area contributed by atoms with E-state index in [1.165, 1.54) is 0 Å². The smallest absolute Gasteiger partial charge is 0.227 e. The Kier molecular flexibility index (Phi) is 6.70. The fourth-order valence-electron chi connectivity index (χ4n) is 7.04. The zero-order chi connectivity index (χ0) is 33.7. The van der Waals surface area contributed by atoms with E-state index in [-0.39, 0.29) is 0 Å². The molecule has 10 rings (SSSR count). The van der Waals surface area contributed by atoms with E-state index in [4.69, 9.17) is 29.3 Å². The molecule has 51 heavy (non-hydrogen) atoms. The van der Waals surface area contributed by atoms with Crippen LogP contribution in [0, 0.1) is 0 Å². The first-order chi connectivity index (χ1) is 25.3. The third-order valence-electron chi connectivity index (χ3n) is 9.43. The largest absolute Gasteiger partial charge is 0.438 e. The molecule has 4 aromatic heterocycles. The van der Waals surface area contributed by atoms with Crippen molar-refractivity contribution >= 4 is 43.6 Å². The van der Waals surface area contributed by atoms with Crippen LogP contribution in [0.2, 0.25) is 0 Å². The summed E-state index contributed by atoms with van der Waals surface area (Å²) in [6.07, 6.45) is 1.83. The number of hydrogen-bond donors (Lipinski definition) is 0. The lowest BCUT2D eigenvalue weighted by atomic mass is 9.92. The van der Waals surface area contributed by atoms with Crippen molar-refractivity contribution in [2.24, 2.45) is 0 Å². The van der Waals surface area contributed by atoms with Gasteiger partial charge in [0.1, 0.15) is 5.58 Å². The summed E-state index contributed by atoms with van der Waals surface area (Å²) in [5, 5.41) is 6.29. The molecular weight excluding hydrogens is 627 g/mol. The molecule has 10 aromatic rings. The normalized spacial score (nSPS) is 11.5. The highest BCUT2D eigenvalue weighted by Gasteiger charge is 2.19. The summed E-state index contributed by atoms with van der Waals surface area (Å²) >= 11 is 0. The van der Waals surface area contributed by atoms with E-state index in [1.807, 2.05) is 103 Å². The molecule has 6 nitrogen and oxygen atoms in total. The van der Waals surface area contributed by atoms with Crippen LogP contribution in [0.1, 0.15) is 0 Å². The average molecular weight is 654 g/mol. The molecule has 238 valence electrons. The van der Waals surface area contributed by atoms with Crippen LogP contribution < -0.4 is 0 Å². The predicted octanol–water partition coefficient (Wildman–Crippen LogP) is 11.2. The van der Waals surface area contributed by atoms with E-state index in [1.54, 1.807) is 0 Å². The first-order valence-corrected chi connectivity index (χ1v) is 16.8. The van der Waals surface area contributed by atoms with Crippen molar-refractivity contribution < 1.29 is 4.42 Å². The van der Waals surface area contributed by atoms with E-state index in [9.17, 15) is 0 Å². The third kappa shape index (κ3) is 4.92. The minimum absolute atomic E-state index is 0.581. The van der Waals surface area contributed by atoms with Gasteiger partial charge in [-0.2, -0.15) is 0 Å². The summed E-state index contributed by atoms with van der Waals surface area (Å²) in [5.41, 5.74) is 7.93. The van der Waals surface area contributed by atoms with Gasteiger partial charge in [-0.15, -0.1) is 0 Å². The Bertz CT molecular complexity index is 2860. The van der Waals surface area contributed by atoms with E-state index in [0.717, 1.165) is 77.1 Å². The van der Waals surface area contributed by atoms with Crippen LogP contribution >= 0.6 is 0 Å². The molecule has 0 unspecified atom stereocenters. The van der Waals surface area contributed by atoms with E-state index in [2.05, 4.69) is 60.7 Å². The lowest BCUT2D eigenvalue weighted by Crippen LogP contribution is -2.00. The minimum Gasteiger partial charge on any atom is -0.438 e. The maximum atomic E-state index is 6.44. The fraction of sp³-hybridized carbons (Fsp3) is 0. The van der Waals surface area contributed by atoms with Gasteiger partial charge in [0.05, 0.1) is 11.4 Å². The van der Waals surface area contributed by atoms with Crippen molar-refractivity contribution in [1.82, 2.24) is 24.9 Å². The van der Waals surface area contributed by atoms with Crippen molar-refractivity contribution in [2.75, 3.05) is 0 Å². The van der Waals surface area contributed by atoms with Crippen LogP contribution in [0.5, 0.6) is 0 Å². The predicted molar refractivity (Wildman–Crippen MR) is 205 cm³/mol. The van der Waals surface area contributed by atoms with Gasteiger partial charge in [-0.1, -0.05) is 127 Å². The van der Waals surface area contributed by atoms with Gasteiger partial charge in [-0.25, -0.2) is 19.9 Å². The monoisotopic (exact) mass is 653 g/mol. The SMILES string of the molecule is c1ccc(-c2nc(-c3ccccc3)nc(-c3ccc(-c4cccc5oc6nc(-c7nccc8ccccc78)ccc6c45)c4ccccc34)n2)cc1. The molecule has 0 fully saturated rings. The highest BCUT2D eigenvalue weighted by Crippen LogP contribution is 2.42. The minimum atomic E-state index is 0.581. The number of nitrogens with zero attached hydrogens (tertiary/aromatic N) is 5. The maximum Gasteiger partial charge on any atom is 0.227 e. The lowest BCUT2D eigenvalue weighted by molar-refractivity contribution is 0.654. The number of benzene rings is 6. The lowest BCUT2D eigenvalue weighted by Gasteiger charge is -2.13. The standard InChI is InChI=1S/C45H27N5O/c1-3-13-29(14-4-1)42-48-43(30-15-5-2-6-16-30)50-44(49-42)36-23-22-34(32-18-9-10-19-33(32)36)35-20-11-21-39-40(35)37-24-25-38(47-45(37)51-39)41-31-17-8-7-12-28(31)26-27-46-41/h1-27H. The van der Waals surface area contributed by atoms with Crippen molar-refractivity contribution in [3.63, 3.8) is 0 Å². The summed E-state index contributed by atoms with van der Waals surface area (Å²) in [6.45, 7) is 0. The molecule has 4 heterocycles. The Morgan fingerprint density at radius 2 is 1.02 bits per heavy atom. The van der Waals surface area contributed by atoms with Crippen LogP contribution in [0.3, 0.4) is 0 Å². The number of furan rings is 1. The average Bonchev–Trinajstić information content (AvgIpc) is 3.59. The highest BCUT2D eigenvalue weighted by molar-refractivity contribution is 6.16. The molecule has 0 spiro atoms.